The molecule has 3 aliphatic rings. The number of hydrogen-bond acceptors (Lipinski definition) is 8. The van der Waals surface area contributed by atoms with Gasteiger partial charge in [-0.05, 0) is 23.8 Å². The molecule has 0 fully saturated rings. The van der Waals surface area contributed by atoms with Crippen molar-refractivity contribution in [3.05, 3.63) is 53.1 Å². The monoisotopic (exact) mass is 412 g/mol. The van der Waals surface area contributed by atoms with Gasteiger partial charge in [-0.1, -0.05) is 6.58 Å². The third-order valence-corrected chi connectivity index (χ3v) is 5.93. The molecule has 5 rings (SSSR count). The van der Waals surface area contributed by atoms with Crippen molar-refractivity contribution in [2.45, 2.75) is 24.2 Å². The van der Waals surface area contributed by atoms with E-state index in [-0.39, 0.29) is 41.6 Å². The highest BCUT2D eigenvalue weighted by Crippen LogP contribution is 2.51. The normalized spacial score (nSPS) is 25.6. The molecule has 3 aliphatic heterocycles. The molecule has 0 spiro atoms. The maximum atomic E-state index is 13.5. The number of aliphatic hydroxyl groups excluding tert-OH is 1. The fraction of sp³-hybridized carbons (Fsp3) is 0.318. The van der Waals surface area contributed by atoms with Crippen LogP contribution in [0.4, 0.5) is 0 Å². The SMILES string of the molecule is C=C(CO)[C@H]1Cc2c(ccc3c2O[C@H]2COc4cc(OC)c(O)cc4[C@]2(O)C3=O)O1. The lowest BCUT2D eigenvalue weighted by Crippen LogP contribution is -2.57. The summed E-state index contributed by atoms with van der Waals surface area (Å²) in [5.74, 6) is 0.532. The number of Topliss-reactive ketones (excluding diaryl/α,β-unsaturated/α-hetero) is 1. The number of phenols is 1. The molecule has 0 radical (unpaired) electrons. The van der Waals surface area contributed by atoms with E-state index in [4.69, 9.17) is 18.9 Å². The van der Waals surface area contributed by atoms with E-state index in [1.54, 1.807) is 12.1 Å². The number of carbonyl (C=O) groups is 1. The van der Waals surface area contributed by atoms with Gasteiger partial charge in [0.1, 0.15) is 30.0 Å². The van der Waals surface area contributed by atoms with Crippen molar-refractivity contribution >= 4 is 5.78 Å². The summed E-state index contributed by atoms with van der Waals surface area (Å²) in [6, 6.07) is 5.90. The number of rotatable bonds is 3. The third kappa shape index (κ3) is 2.37. The summed E-state index contributed by atoms with van der Waals surface area (Å²) in [7, 11) is 1.40. The Hall–Kier alpha value is -3.23. The van der Waals surface area contributed by atoms with Gasteiger partial charge in [0, 0.05) is 23.6 Å². The number of benzene rings is 2. The van der Waals surface area contributed by atoms with E-state index in [9.17, 15) is 20.1 Å². The Kier molecular flexibility index (Phi) is 4.00. The molecule has 156 valence electrons. The summed E-state index contributed by atoms with van der Waals surface area (Å²) in [6.07, 6.45) is -1.03. The van der Waals surface area contributed by atoms with E-state index in [2.05, 4.69) is 6.58 Å². The van der Waals surface area contributed by atoms with Gasteiger partial charge in [-0.25, -0.2) is 0 Å². The molecular weight excluding hydrogens is 392 g/mol. The van der Waals surface area contributed by atoms with Gasteiger partial charge >= 0.3 is 0 Å². The minimum atomic E-state index is -2.02. The molecule has 0 unspecified atom stereocenters. The predicted octanol–water partition coefficient (Wildman–Crippen LogP) is 1.48. The van der Waals surface area contributed by atoms with Crippen molar-refractivity contribution in [3.8, 4) is 28.7 Å². The highest BCUT2D eigenvalue weighted by molar-refractivity contribution is 6.07. The molecule has 3 atom stereocenters. The Morgan fingerprint density at radius 1 is 1.30 bits per heavy atom. The maximum absolute atomic E-state index is 13.5. The van der Waals surface area contributed by atoms with E-state index in [1.807, 2.05) is 0 Å². The highest BCUT2D eigenvalue weighted by atomic mass is 16.6. The van der Waals surface area contributed by atoms with Crippen LogP contribution in [0.1, 0.15) is 21.5 Å². The van der Waals surface area contributed by atoms with Crippen LogP contribution in [0.25, 0.3) is 0 Å². The van der Waals surface area contributed by atoms with E-state index < -0.39 is 23.6 Å². The molecule has 30 heavy (non-hydrogen) atoms. The van der Waals surface area contributed by atoms with Gasteiger partial charge in [-0.2, -0.15) is 0 Å². The number of ketones is 1. The van der Waals surface area contributed by atoms with E-state index in [0.717, 1.165) is 0 Å². The van der Waals surface area contributed by atoms with Crippen molar-refractivity contribution in [1.82, 2.24) is 0 Å². The van der Waals surface area contributed by atoms with Gasteiger partial charge in [0.2, 0.25) is 5.78 Å². The Labute approximate surface area is 171 Å². The van der Waals surface area contributed by atoms with E-state index in [1.165, 1.54) is 19.2 Å². The molecule has 0 aliphatic carbocycles. The zero-order valence-corrected chi connectivity index (χ0v) is 16.2. The lowest BCUT2D eigenvalue weighted by Gasteiger charge is -2.43. The Balaban J connectivity index is 1.60. The number of fused-ring (bicyclic) bond motifs is 6. The zero-order chi connectivity index (χ0) is 21.2. The first kappa shape index (κ1) is 18.8. The van der Waals surface area contributed by atoms with Gasteiger partial charge in [-0.15, -0.1) is 0 Å². The first-order chi connectivity index (χ1) is 14.4. The van der Waals surface area contributed by atoms with Crippen LogP contribution < -0.4 is 18.9 Å². The number of ether oxygens (including phenoxy) is 4. The molecule has 0 bridgehead atoms. The van der Waals surface area contributed by atoms with Crippen molar-refractivity contribution in [1.29, 1.82) is 0 Å². The summed E-state index contributed by atoms with van der Waals surface area (Å²) in [6.45, 7) is 3.54. The largest absolute Gasteiger partial charge is 0.504 e. The van der Waals surface area contributed by atoms with Gasteiger partial charge < -0.3 is 34.3 Å². The van der Waals surface area contributed by atoms with Crippen LogP contribution in [0.15, 0.2) is 36.4 Å². The maximum Gasteiger partial charge on any atom is 0.206 e. The molecule has 8 nitrogen and oxygen atoms in total. The van der Waals surface area contributed by atoms with Crippen molar-refractivity contribution in [2.24, 2.45) is 0 Å². The molecule has 0 aromatic heterocycles. The lowest BCUT2D eigenvalue weighted by atomic mass is 9.77. The van der Waals surface area contributed by atoms with Crippen LogP contribution >= 0.6 is 0 Å². The van der Waals surface area contributed by atoms with Gasteiger partial charge in [0.05, 0.1) is 19.3 Å². The first-order valence-corrected chi connectivity index (χ1v) is 9.47. The molecule has 2 aromatic carbocycles. The topological polar surface area (TPSA) is 115 Å². The van der Waals surface area contributed by atoms with Crippen LogP contribution in [0.2, 0.25) is 0 Å². The minimum absolute atomic E-state index is 0.0695. The Morgan fingerprint density at radius 2 is 2.10 bits per heavy atom. The standard InChI is InChI=1S/C22H20O8/c1-10(8-23)16-5-12-15(29-16)4-3-11-20(12)30-19-9-28-17-7-18(27-2)14(24)6-13(17)22(19,26)21(11)25/h3-4,6-7,16,19,23-24,26H,1,5,8-9H2,2H3/t16-,19+,22-/m1/s1. The molecule has 0 saturated heterocycles. The summed E-state index contributed by atoms with van der Waals surface area (Å²) in [4.78, 5) is 13.5. The molecule has 3 heterocycles. The van der Waals surface area contributed by atoms with Crippen LogP contribution in [-0.4, -0.2) is 53.6 Å². The number of hydrogen-bond donors (Lipinski definition) is 3. The number of carbonyl (C=O) groups excluding carboxylic acids is 1. The molecule has 8 heteroatoms. The minimum Gasteiger partial charge on any atom is -0.504 e. The molecule has 2 aromatic rings. The average Bonchev–Trinajstić information content (AvgIpc) is 3.19. The summed E-state index contributed by atoms with van der Waals surface area (Å²) in [5, 5.41) is 31.0. The second kappa shape index (κ2) is 6.38. The fourth-order valence-electron chi connectivity index (χ4n) is 4.26. The van der Waals surface area contributed by atoms with Gasteiger partial charge in [-0.3, -0.25) is 4.79 Å². The number of methoxy groups -OCH3 is 1. The van der Waals surface area contributed by atoms with Crippen molar-refractivity contribution in [2.75, 3.05) is 20.3 Å². The Bertz CT molecular complexity index is 1090. The number of aromatic hydroxyl groups is 1. The number of phenolic OH excluding ortho intramolecular Hbond substituents is 1. The summed E-state index contributed by atoms with van der Waals surface area (Å²) < 4.78 is 22.7. The lowest BCUT2D eigenvalue weighted by molar-refractivity contribution is -0.0802. The predicted molar refractivity (Wildman–Crippen MR) is 104 cm³/mol. The zero-order valence-electron chi connectivity index (χ0n) is 16.2. The van der Waals surface area contributed by atoms with Crippen molar-refractivity contribution in [3.63, 3.8) is 0 Å². The second-order valence-corrected chi connectivity index (χ2v) is 7.58. The molecule has 3 N–H and O–H groups in total. The number of aliphatic hydroxyl groups is 2. The van der Waals surface area contributed by atoms with Gasteiger partial charge in [0.25, 0.3) is 0 Å². The highest BCUT2D eigenvalue weighted by Gasteiger charge is 2.56. The van der Waals surface area contributed by atoms with Crippen LogP contribution in [0, 0.1) is 0 Å². The summed E-state index contributed by atoms with van der Waals surface area (Å²) in [5.41, 5.74) is -0.471. The fourth-order valence-corrected chi connectivity index (χ4v) is 4.26. The Morgan fingerprint density at radius 3 is 2.83 bits per heavy atom. The van der Waals surface area contributed by atoms with E-state index >= 15 is 0 Å². The van der Waals surface area contributed by atoms with Crippen LogP contribution in [-0.2, 0) is 12.0 Å². The molecule has 0 amide bonds. The quantitative estimate of drug-likeness (QED) is 0.650. The van der Waals surface area contributed by atoms with Crippen LogP contribution in [0.5, 0.6) is 28.7 Å². The van der Waals surface area contributed by atoms with Crippen molar-refractivity contribution < 1.29 is 39.1 Å². The smallest absolute Gasteiger partial charge is 0.206 e. The van der Waals surface area contributed by atoms with Gasteiger partial charge in [0.15, 0.2) is 23.2 Å². The molecular formula is C22H20O8. The third-order valence-electron chi connectivity index (χ3n) is 5.93. The second-order valence-electron chi connectivity index (χ2n) is 7.58. The summed E-state index contributed by atoms with van der Waals surface area (Å²) >= 11 is 0. The molecule has 0 saturated carbocycles. The first-order valence-electron chi connectivity index (χ1n) is 9.47. The van der Waals surface area contributed by atoms with E-state index in [0.29, 0.717) is 29.1 Å². The van der Waals surface area contributed by atoms with Crippen LogP contribution in [0.3, 0.4) is 0 Å². The average molecular weight is 412 g/mol.